The van der Waals surface area contributed by atoms with Crippen LogP contribution in [0, 0.1) is 6.92 Å². The van der Waals surface area contributed by atoms with E-state index >= 15 is 0 Å². The van der Waals surface area contributed by atoms with Gasteiger partial charge in [-0.25, -0.2) is 0 Å². The number of aryl methyl sites for hydroxylation is 1. The van der Waals surface area contributed by atoms with Gasteiger partial charge in [-0.15, -0.1) is 0 Å². The summed E-state index contributed by atoms with van der Waals surface area (Å²) < 4.78 is 5.10. The maximum Gasteiger partial charge on any atom is 0.144 e. The average Bonchev–Trinajstić information content (AvgIpc) is 2.22. The van der Waals surface area contributed by atoms with Crippen LogP contribution in [0.25, 0.3) is 0 Å². The largest absolute Gasteiger partial charge is 0.507 e. The van der Waals surface area contributed by atoms with Crippen molar-refractivity contribution in [1.82, 2.24) is 0 Å². The van der Waals surface area contributed by atoms with Crippen molar-refractivity contribution >= 4 is 11.6 Å². The highest BCUT2D eigenvalue weighted by Crippen LogP contribution is 2.37. The summed E-state index contributed by atoms with van der Waals surface area (Å²) in [6.07, 6.45) is 1.56. The second-order valence-corrected chi connectivity index (χ2v) is 3.82. The fourth-order valence-electron chi connectivity index (χ4n) is 1.55. The van der Waals surface area contributed by atoms with E-state index < -0.39 is 0 Å². The highest BCUT2D eigenvalue weighted by atomic mass is 35.5. The van der Waals surface area contributed by atoms with Crippen LogP contribution in [-0.4, -0.2) is 18.8 Å². The molecule has 0 aromatic heterocycles. The van der Waals surface area contributed by atoms with Gasteiger partial charge < -0.3 is 15.6 Å². The molecule has 0 saturated carbocycles. The van der Waals surface area contributed by atoms with E-state index in [1.807, 2.05) is 0 Å². The van der Waals surface area contributed by atoms with Crippen LogP contribution in [0.2, 0.25) is 5.02 Å². The van der Waals surface area contributed by atoms with Crippen LogP contribution in [0.15, 0.2) is 6.07 Å². The third-order valence-corrected chi connectivity index (χ3v) is 2.65. The Hall–Kier alpha value is -0.930. The number of hydrogen-bond acceptors (Lipinski definition) is 3. The van der Waals surface area contributed by atoms with Gasteiger partial charge in [0.1, 0.15) is 11.5 Å². The molecule has 0 bridgehead atoms. The molecule has 0 aliphatic rings. The smallest absolute Gasteiger partial charge is 0.144 e. The third kappa shape index (κ3) is 2.55. The molecule has 0 aliphatic heterocycles. The van der Waals surface area contributed by atoms with Crippen molar-refractivity contribution in [1.29, 1.82) is 0 Å². The van der Waals surface area contributed by atoms with Crippen LogP contribution in [0.1, 0.15) is 17.5 Å². The summed E-state index contributed by atoms with van der Waals surface area (Å²) in [7, 11) is 1.53. The molecular weight excluding hydrogens is 214 g/mol. The molecule has 0 heterocycles. The third-order valence-electron chi connectivity index (χ3n) is 2.37. The number of aromatic hydroxyl groups is 1. The van der Waals surface area contributed by atoms with E-state index in [-0.39, 0.29) is 5.75 Å². The number of methoxy groups -OCH3 is 1. The van der Waals surface area contributed by atoms with E-state index in [0.717, 1.165) is 18.4 Å². The molecule has 0 unspecified atom stereocenters. The standard InChI is InChI=1S/C11H16ClNO2/c1-7-10(14)8(4-3-5-13)6-9(12)11(7)15-2/h6,14H,3-5,13H2,1-2H3. The molecule has 1 aromatic rings. The molecule has 0 radical (unpaired) electrons. The highest BCUT2D eigenvalue weighted by Gasteiger charge is 2.13. The number of ether oxygens (including phenoxy) is 1. The molecule has 0 spiro atoms. The molecule has 0 fully saturated rings. The van der Waals surface area contributed by atoms with Gasteiger partial charge in [0.25, 0.3) is 0 Å². The highest BCUT2D eigenvalue weighted by molar-refractivity contribution is 6.32. The number of benzene rings is 1. The molecular formula is C11H16ClNO2. The van der Waals surface area contributed by atoms with Gasteiger partial charge in [-0.2, -0.15) is 0 Å². The normalized spacial score (nSPS) is 10.4. The van der Waals surface area contributed by atoms with Crippen molar-refractivity contribution < 1.29 is 9.84 Å². The SMILES string of the molecule is COc1c(Cl)cc(CCCN)c(O)c1C. The maximum absolute atomic E-state index is 9.88. The van der Waals surface area contributed by atoms with E-state index in [1.54, 1.807) is 13.0 Å². The minimum Gasteiger partial charge on any atom is -0.507 e. The first-order chi connectivity index (χ1) is 7.11. The van der Waals surface area contributed by atoms with Crippen LogP contribution in [-0.2, 0) is 6.42 Å². The topological polar surface area (TPSA) is 55.5 Å². The Morgan fingerprint density at radius 2 is 2.20 bits per heavy atom. The van der Waals surface area contributed by atoms with Gasteiger partial charge in [0, 0.05) is 5.56 Å². The summed E-state index contributed by atoms with van der Waals surface area (Å²) in [6.45, 7) is 2.38. The Bertz CT molecular complexity index is 353. The van der Waals surface area contributed by atoms with Gasteiger partial charge in [0.2, 0.25) is 0 Å². The van der Waals surface area contributed by atoms with Crippen molar-refractivity contribution in [3.05, 3.63) is 22.2 Å². The minimum absolute atomic E-state index is 0.254. The monoisotopic (exact) mass is 229 g/mol. The van der Waals surface area contributed by atoms with Gasteiger partial charge in [-0.1, -0.05) is 11.6 Å². The van der Waals surface area contributed by atoms with Crippen molar-refractivity contribution in [3.8, 4) is 11.5 Å². The van der Waals surface area contributed by atoms with Crippen LogP contribution < -0.4 is 10.5 Å². The van der Waals surface area contributed by atoms with Gasteiger partial charge in [-0.3, -0.25) is 0 Å². The first-order valence-electron chi connectivity index (χ1n) is 4.86. The zero-order chi connectivity index (χ0) is 11.4. The van der Waals surface area contributed by atoms with E-state index in [1.165, 1.54) is 7.11 Å². The fraction of sp³-hybridized carbons (Fsp3) is 0.455. The first-order valence-corrected chi connectivity index (χ1v) is 5.24. The quantitative estimate of drug-likeness (QED) is 0.833. The van der Waals surface area contributed by atoms with Gasteiger partial charge in [0.05, 0.1) is 12.1 Å². The molecule has 0 amide bonds. The van der Waals surface area contributed by atoms with Crippen LogP contribution in [0.3, 0.4) is 0 Å². The molecule has 3 nitrogen and oxygen atoms in total. The Morgan fingerprint density at radius 1 is 1.53 bits per heavy atom. The van der Waals surface area contributed by atoms with Crippen molar-refractivity contribution in [2.45, 2.75) is 19.8 Å². The summed E-state index contributed by atoms with van der Waals surface area (Å²) in [5, 5.41) is 10.4. The molecule has 0 saturated heterocycles. The molecule has 84 valence electrons. The molecule has 15 heavy (non-hydrogen) atoms. The van der Waals surface area contributed by atoms with Crippen LogP contribution in [0.4, 0.5) is 0 Å². The Balaban J connectivity index is 3.10. The molecule has 1 aromatic carbocycles. The Labute approximate surface area is 94.8 Å². The molecule has 1 rings (SSSR count). The number of rotatable bonds is 4. The zero-order valence-corrected chi connectivity index (χ0v) is 9.77. The summed E-state index contributed by atoms with van der Waals surface area (Å²) >= 11 is 6.02. The number of phenols is 1. The first kappa shape index (κ1) is 12.1. The van der Waals surface area contributed by atoms with Gasteiger partial charge >= 0.3 is 0 Å². The lowest BCUT2D eigenvalue weighted by Gasteiger charge is -2.12. The van der Waals surface area contributed by atoms with Crippen LogP contribution in [0.5, 0.6) is 11.5 Å². The summed E-state index contributed by atoms with van der Waals surface area (Å²) in [4.78, 5) is 0. The van der Waals surface area contributed by atoms with Crippen molar-refractivity contribution in [2.24, 2.45) is 5.73 Å². The summed E-state index contributed by atoms with van der Waals surface area (Å²) in [5.74, 6) is 0.787. The molecule has 4 heteroatoms. The number of phenolic OH excluding ortho intramolecular Hbond substituents is 1. The zero-order valence-electron chi connectivity index (χ0n) is 9.01. The van der Waals surface area contributed by atoms with Crippen LogP contribution >= 0.6 is 11.6 Å². The lowest BCUT2D eigenvalue weighted by Crippen LogP contribution is -2.01. The number of halogens is 1. The lowest BCUT2D eigenvalue weighted by atomic mass is 10.0. The number of nitrogens with two attached hydrogens (primary N) is 1. The number of hydrogen-bond donors (Lipinski definition) is 2. The summed E-state index contributed by atoms with van der Waals surface area (Å²) in [5.41, 5.74) is 6.92. The van der Waals surface area contributed by atoms with E-state index in [0.29, 0.717) is 22.9 Å². The molecule has 3 N–H and O–H groups in total. The fourth-order valence-corrected chi connectivity index (χ4v) is 1.90. The average molecular weight is 230 g/mol. The molecule has 0 atom stereocenters. The minimum atomic E-state index is 0.254. The van der Waals surface area contributed by atoms with Gasteiger partial charge in [0.15, 0.2) is 0 Å². The summed E-state index contributed by atoms with van der Waals surface area (Å²) in [6, 6.07) is 1.73. The van der Waals surface area contributed by atoms with E-state index in [9.17, 15) is 5.11 Å². The second kappa shape index (κ2) is 5.24. The second-order valence-electron chi connectivity index (χ2n) is 3.42. The van der Waals surface area contributed by atoms with Gasteiger partial charge in [-0.05, 0) is 37.9 Å². The Kier molecular flexibility index (Phi) is 4.24. The van der Waals surface area contributed by atoms with Crippen molar-refractivity contribution in [3.63, 3.8) is 0 Å². The lowest BCUT2D eigenvalue weighted by molar-refractivity contribution is 0.401. The predicted octanol–water partition coefficient (Wildman–Crippen LogP) is 2.25. The maximum atomic E-state index is 9.88. The Morgan fingerprint density at radius 3 is 2.73 bits per heavy atom. The van der Waals surface area contributed by atoms with E-state index in [2.05, 4.69) is 0 Å². The molecule has 0 aliphatic carbocycles. The van der Waals surface area contributed by atoms with E-state index in [4.69, 9.17) is 22.1 Å². The predicted molar refractivity (Wildman–Crippen MR) is 61.8 cm³/mol. The van der Waals surface area contributed by atoms with Crippen molar-refractivity contribution in [2.75, 3.05) is 13.7 Å².